The summed E-state index contributed by atoms with van der Waals surface area (Å²) in [6.07, 6.45) is 0. The van der Waals surface area contributed by atoms with Gasteiger partial charge in [-0.3, -0.25) is 0 Å². The first-order valence-electron chi connectivity index (χ1n) is 4.89. The van der Waals surface area contributed by atoms with Crippen LogP contribution in [0.3, 0.4) is 0 Å². The smallest absolute Gasteiger partial charge is 0.337 e. The maximum atomic E-state index is 10.4. The minimum absolute atomic E-state index is 0.0702. The lowest BCUT2D eigenvalue weighted by molar-refractivity contribution is 0.0697. The number of carboxylic acid groups (broad SMARTS) is 1. The van der Waals surface area contributed by atoms with Crippen LogP contribution in [0.2, 0.25) is 5.02 Å². The summed E-state index contributed by atoms with van der Waals surface area (Å²) < 4.78 is 0. The predicted octanol–water partition coefficient (Wildman–Crippen LogP) is 3.67. The number of carbonyl (C=O) groups is 1. The normalized spacial score (nSPS) is 7.80. The molecule has 1 rings (SSSR count). The summed E-state index contributed by atoms with van der Waals surface area (Å²) in [5.41, 5.74) is 5.88. The van der Waals surface area contributed by atoms with Crippen LogP contribution >= 0.6 is 11.6 Å². The van der Waals surface area contributed by atoms with Crippen molar-refractivity contribution in [2.24, 2.45) is 0 Å². The van der Waals surface area contributed by atoms with E-state index in [2.05, 4.69) is 0 Å². The molecule has 86 valence electrons. The van der Waals surface area contributed by atoms with Crippen molar-refractivity contribution in [2.45, 2.75) is 27.7 Å². The molecule has 0 spiro atoms. The fraction of sp³-hybridized carbons (Fsp3) is 0.364. The van der Waals surface area contributed by atoms with E-state index in [-0.39, 0.29) is 10.6 Å². The van der Waals surface area contributed by atoms with Gasteiger partial charge in [0.1, 0.15) is 0 Å². The van der Waals surface area contributed by atoms with Crippen LogP contribution in [0.4, 0.5) is 5.69 Å². The zero-order valence-corrected chi connectivity index (χ0v) is 10.3. The molecule has 0 aromatic heterocycles. The van der Waals surface area contributed by atoms with Gasteiger partial charge in [0.2, 0.25) is 0 Å². The Labute approximate surface area is 95.9 Å². The molecule has 15 heavy (non-hydrogen) atoms. The average Bonchev–Trinajstić information content (AvgIpc) is 2.23. The highest BCUT2D eigenvalue weighted by Crippen LogP contribution is 2.18. The molecule has 0 saturated carbocycles. The summed E-state index contributed by atoms with van der Waals surface area (Å²) >= 11 is 5.56. The van der Waals surface area contributed by atoms with Crippen LogP contribution < -0.4 is 5.73 Å². The lowest BCUT2D eigenvalue weighted by Crippen LogP contribution is -1.97. The standard InChI is InChI=1S/C7H6ClNO2.2C2H6/c8-6-3-4(9)1-2-5(6)7(10)11;2*1-2/h1-3H,9H2,(H,10,11);2*1-2H3. The van der Waals surface area contributed by atoms with Gasteiger partial charge >= 0.3 is 5.97 Å². The minimum atomic E-state index is -1.05. The van der Waals surface area contributed by atoms with E-state index < -0.39 is 5.97 Å². The Kier molecular flexibility index (Phi) is 10.1. The van der Waals surface area contributed by atoms with Gasteiger partial charge in [-0.2, -0.15) is 0 Å². The van der Waals surface area contributed by atoms with E-state index in [1.54, 1.807) is 0 Å². The van der Waals surface area contributed by atoms with Crippen molar-refractivity contribution >= 4 is 23.3 Å². The molecule has 4 heteroatoms. The topological polar surface area (TPSA) is 63.3 Å². The van der Waals surface area contributed by atoms with Crippen LogP contribution in [0.1, 0.15) is 38.1 Å². The Hall–Kier alpha value is -1.22. The van der Waals surface area contributed by atoms with Crippen LogP contribution in [0, 0.1) is 0 Å². The molecule has 0 aliphatic rings. The van der Waals surface area contributed by atoms with Crippen molar-refractivity contribution in [1.29, 1.82) is 0 Å². The zero-order valence-electron chi connectivity index (χ0n) is 9.54. The number of aromatic carboxylic acids is 1. The Bertz CT molecular complexity index is 301. The lowest BCUT2D eigenvalue weighted by atomic mass is 10.2. The predicted molar refractivity (Wildman–Crippen MR) is 65.5 cm³/mol. The fourth-order valence-electron chi connectivity index (χ4n) is 0.705. The number of halogens is 1. The van der Waals surface area contributed by atoms with Crippen LogP contribution in [0.5, 0.6) is 0 Å². The van der Waals surface area contributed by atoms with Crippen molar-refractivity contribution in [3.63, 3.8) is 0 Å². The van der Waals surface area contributed by atoms with Crippen LogP contribution in [-0.4, -0.2) is 11.1 Å². The number of nitrogen functional groups attached to an aromatic ring is 1. The molecule has 1 aromatic carbocycles. The molecule has 0 aliphatic carbocycles. The first-order chi connectivity index (χ1) is 7.11. The summed E-state index contributed by atoms with van der Waals surface area (Å²) in [5, 5.41) is 8.70. The second kappa shape index (κ2) is 9.34. The van der Waals surface area contributed by atoms with E-state index in [0.717, 1.165) is 0 Å². The number of hydrogen-bond donors (Lipinski definition) is 2. The second-order valence-electron chi connectivity index (χ2n) is 2.04. The summed E-state index contributed by atoms with van der Waals surface area (Å²) in [6.45, 7) is 8.00. The molecule has 0 saturated heterocycles. The van der Waals surface area contributed by atoms with Crippen molar-refractivity contribution in [3.8, 4) is 0 Å². The second-order valence-corrected chi connectivity index (χ2v) is 2.45. The zero-order chi connectivity index (χ0) is 12.4. The van der Waals surface area contributed by atoms with E-state index in [0.29, 0.717) is 5.69 Å². The Morgan fingerprint density at radius 3 is 2.07 bits per heavy atom. The van der Waals surface area contributed by atoms with Crippen molar-refractivity contribution in [2.75, 3.05) is 5.73 Å². The number of hydrogen-bond acceptors (Lipinski definition) is 2. The van der Waals surface area contributed by atoms with Crippen LogP contribution in [0.25, 0.3) is 0 Å². The molecule has 0 heterocycles. The number of rotatable bonds is 1. The van der Waals surface area contributed by atoms with E-state index in [4.69, 9.17) is 22.4 Å². The fourth-order valence-corrected chi connectivity index (χ4v) is 0.975. The Morgan fingerprint density at radius 1 is 1.27 bits per heavy atom. The van der Waals surface area contributed by atoms with E-state index in [1.807, 2.05) is 27.7 Å². The van der Waals surface area contributed by atoms with Gasteiger partial charge in [-0.15, -0.1) is 0 Å². The Balaban J connectivity index is 0. The summed E-state index contributed by atoms with van der Waals surface area (Å²) in [6, 6.07) is 4.28. The highest BCUT2D eigenvalue weighted by Gasteiger charge is 2.06. The minimum Gasteiger partial charge on any atom is -0.478 e. The maximum absolute atomic E-state index is 10.4. The lowest BCUT2D eigenvalue weighted by Gasteiger charge is -1.98. The third kappa shape index (κ3) is 5.96. The summed E-state index contributed by atoms with van der Waals surface area (Å²) in [5.74, 6) is -1.05. The van der Waals surface area contributed by atoms with Gasteiger partial charge in [-0.25, -0.2) is 4.79 Å². The first kappa shape index (κ1) is 16.2. The molecular weight excluding hydrogens is 214 g/mol. The molecule has 1 aromatic rings. The summed E-state index contributed by atoms with van der Waals surface area (Å²) in [7, 11) is 0. The quantitative estimate of drug-likeness (QED) is 0.725. The molecule has 0 fully saturated rings. The van der Waals surface area contributed by atoms with Crippen molar-refractivity contribution in [3.05, 3.63) is 28.8 Å². The third-order valence-electron chi connectivity index (χ3n) is 1.22. The highest BCUT2D eigenvalue weighted by molar-refractivity contribution is 6.33. The van der Waals surface area contributed by atoms with Crippen molar-refractivity contribution < 1.29 is 9.90 Å². The summed E-state index contributed by atoms with van der Waals surface area (Å²) in [4.78, 5) is 10.4. The largest absolute Gasteiger partial charge is 0.478 e. The van der Waals surface area contributed by atoms with E-state index in [1.165, 1.54) is 18.2 Å². The van der Waals surface area contributed by atoms with Gasteiger partial charge in [0, 0.05) is 5.69 Å². The average molecular weight is 232 g/mol. The monoisotopic (exact) mass is 231 g/mol. The van der Waals surface area contributed by atoms with Gasteiger partial charge in [0.15, 0.2) is 0 Å². The molecule has 3 nitrogen and oxygen atoms in total. The SMILES string of the molecule is CC.CC.Nc1ccc(C(=O)O)c(Cl)c1. The molecular formula is C11H18ClNO2. The molecule has 0 atom stereocenters. The molecule has 0 radical (unpaired) electrons. The number of nitrogens with two attached hydrogens (primary N) is 1. The number of benzene rings is 1. The van der Waals surface area contributed by atoms with Gasteiger partial charge in [-0.1, -0.05) is 39.3 Å². The third-order valence-corrected chi connectivity index (χ3v) is 1.54. The van der Waals surface area contributed by atoms with Crippen LogP contribution in [0.15, 0.2) is 18.2 Å². The molecule has 3 N–H and O–H groups in total. The molecule has 0 bridgehead atoms. The molecule has 0 unspecified atom stereocenters. The van der Waals surface area contributed by atoms with Gasteiger partial charge in [-0.05, 0) is 18.2 Å². The van der Waals surface area contributed by atoms with E-state index >= 15 is 0 Å². The first-order valence-corrected chi connectivity index (χ1v) is 5.27. The molecule has 0 amide bonds. The highest BCUT2D eigenvalue weighted by atomic mass is 35.5. The van der Waals surface area contributed by atoms with Crippen molar-refractivity contribution in [1.82, 2.24) is 0 Å². The van der Waals surface area contributed by atoms with Gasteiger partial charge in [0.05, 0.1) is 10.6 Å². The van der Waals surface area contributed by atoms with Gasteiger partial charge in [0.25, 0.3) is 0 Å². The van der Waals surface area contributed by atoms with Gasteiger partial charge < -0.3 is 10.8 Å². The molecule has 0 aliphatic heterocycles. The Morgan fingerprint density at radius 2 is 1.73 bits per heavy atom. The van der Waals surface area contributed by atoms with E-state index in [9.17, 15) is 4.79 Å². The number of carboxylic acids is 1. The number of anilines is 1. The maximum Gasteiger partial charge on any atom is 0.337 e. The van der Waals surface area contributed by atoms with Crippen LogP contribution in [-0.2, 0) is 0 Å².